The molecule has 0 amide bonds. The second-order valence-electron chi connectivity index (χ2n) is 9.70. The number of nitrogens with one attached hydrogen (secondary N) is 1. The first-order valence-electron chi connectivity index (χ1n) is 12.5. The van der Waals surface area contributed by atoms with E-state index in [1.807, 2.05) is 0 Å². The van der Waals surface area contributed by atoms with Crippen molar-refractivity contribution in [2.24, 2.45) is 5.92 Å². The van der Waals surface area contributed by atoms with E-state index in [1.54, 1.807) is 18.3 Å². The Hall–Kier alpha value is -3.28. The molecule has 2 aromatic heterocycles. The molecule has 212 valence electrons. The van der Waals surface area contributed by atoms with Crippen LogP contribution in [-0.2, 0) is 9.53 Å². The molecule has 4 heterocycles. The minimum atomic E-state index is -2.88. The van der Waals surface area contributed by atoms with Crippen molar-refractivity contribution in [1.82, 2.24) is 15.0 Å². The molecule has 40 heavy (non-hydrogen) atoms. The van der Waals surface area contributed by atoms with Crippen LogP contribution in [0.15, 0.2) is 31.0 Å². The third-order valence-corrected chi connectivity index (χ3v) is 7.80. The van der Waals surface area contributed by atoms with Crippen LogP contribution in [0.1, 0.15) is 12.8 Å². The summed E-state index contributed by atoms with van der Waals surface area (Å²) in [4.78, 5) is 27.3. The van der Waals surface area contributed by atoms with E-state index in [0.717, 1.165) is 0 Å². The highest BCUT2D eigenvalue weighted by Crippen LogP contribution is 2.46. The largest absolute Gasteiger partial charge is 0.495 e. The van der Waals surface area contributed by atoms with Crippen molar-refractivity contribution in [2.45, 2.75) is 24.8 Å². The van der Waals surface area contributed by atoms with Crippen LogP contribution in [0.4, 0.5) is 20.5 Å². The molecule has 5 rings (SSSR count). The fourth-order valence-electron chi connectivity index (χ4n) is 4.93. The lowest BCUT2D eigenvalue weighted by Gasteiger charge is -2.22. The molecule has 1 aromatic carbocycles. The van der Waals surface area contributed by atoms with Gasteiger partial charge in [0.2, 0.25) is 5.95 Å². The number of hydrogen-bond donors (Lipinski definition) is 1. The van der Waals surface area contributed by atoms with Crippen molar-refractivity contribution >= 4 is 51.7 Å². The van der Waals surface area contributed by atoms with E-state index in [4.69, 9.17) is 42.4 Å². The Balaban J connectivity index is 1.60. The lowest BCUT2D eigenvalue weighted by atomic mass is 9.97. The number of benzene rings is 1. The number of alkyl halides is 2. The number of pyridine rings is 1. The first-order valence-corrected chi connectivity index (χ1v) is 13.3. The van der Waals surface area contributed by atoms with E-state index in [0.29, 0.717) is 46.9 Å². The number of carbonyl (C=O) groups is 1. The number of aromatic nitrogens is 3. The van der Waals surface area contributed by atoms with Crippen LogP contribution in [0.5, 0.6) is 11.5 Å². The average molecular weight is 594 g/mol. The van der Waals surface area contributed by atoms with Crippen LogP contribution < -0.4 is 19.7 Å². The summed E-state index contributed by atoms with van der Waals surface area (Å²) in [6.07, 6.45) is 2.83. The number of rotatable bonds is 9. The summed E-state index contributed by atoms with van der Waals surface area (Å²) < 4.78 is 45.0. The number of ether oxygens (including phenoxy) is 3. The minimum absolute atomic E-state index is 0.0798. The van der Waals surface area contributed by atoms with E-state index < -0.39 is 12.5 Å². The summed E-state index contributed by atoms with van der Waals surface area (Å²) in [5, 5.41) is 4.16. The van der Waals surface area contributed by atoms with Gasteiger partial charge < -0.3 is 24.4 Å². The Kier molecular flexibility index (Phi) is 7.98. The topological polar surface area (TPSA) is 98.7 Å². The lowest BCUT2D eigenvalue weighted by molar-refractivity contribution is -0.115. The van der Waals surface area contributed by atoms with Crippen molar-refractivity contribution < 1.29 is 27.8 Å². The van der Waals surface area contributed by atoms with E-state index in [9.17, 15) is 13.6 Å². The number of methoxy groups -OCH3 is 2. The third-order valence-electron chi connectivity index (χ3n) is 7.05. The number of anilines is 2. The molecule has 0 saturated carbocycles. The molecule has 9 nitrogen and oxygen atoms in total. The molecule has 0 unspecified atom stereocenters. The molecule has 0 radical (unpaired) electrons. The molecular formula is C27H27Cl2F2N5O4. The Morgan fingerprint density at radius 1 is 1.23 bits per heavy atom. The summed E-state index contributed by atoms with van der Waals surface area (Å²) >= 11 is 13.3. The number of allylic oxidation sites excluding steroid dienone is 1. The van der Waals surface area contributed by atoms with E-state index in [2.05, 4.69) is 21.9 Å². The maximum Gasteiger partial charge on any atom is 0.266 e. The molecule has 2 fully saturated rings. The molecule has 1 N–H and O–H groups in total. The van der Waals surface area contributed by atoms with Gasteiger partial charge in [0.25, 0.3) is 5.92 Å². The first-order chi connectivity index (χ1) is 19.1. The van der Waals surface area contributed by atoms with Crippen molar-refractivity contribution in [1.29, 1.82) is 0 Å². The highest BCUT2D eigenvalue weighted by molar-refractivity contribution is 6.41. The number of halogens is 4. The van der Waals surface area contributed by atoms with Gasteiger partial charge in [-0.15, -0.1) is 0 Å². The zero-order valence-corrected chi connectivity index (χ0v) is 23.4. The summed E-state index contributed by atoms with van der Waals surface area (Å²) in [7, 11) is 2.92. The van der Waals surface area contributed by atoms with E-state index >= 15 is 0 Å². The Morgan fingerprint density at radius 2 is 1.95 bits per heavy atom. The maximum atomic E-state index is 14.3. The molecular weight excluding hydrogens is 567 g/mol. The zero-order chi connectivity index (χ0) is 28.6. The van der Waals surface area contributed by atoms with Crippen LogP contribution in [-0.4, -0.2) is 73.2 Å². The van der Waals surface area contributed by atoms with E-state index in [-0.39, 0.29) is 58.9 Å². The zero-order valence-electron chi connectivity index (χ0n) is 21.8. The fourth-order valence-corrected chi connectivity index (χ4v) is 5.63. The first kappa shape index (κ1) is 28.3. The SMILES string of the molecule is C=CC(=O)C[C@H]1COC[C@H]1Nc1ncc2cc(-c3c(Cl)c(OC)cc(OC)c3Cl)nc(N3CCC(F)(F)C3)c2n1. The van der Waals surface area contributed by atoms with Gasteiger partial charge in [0.15, 0.2) is 11.6 Å². The Labute approximate surface area is 239 Å². The van der Waals surface area contributed by atoms with Crippen LogP contribution >= 0.6 is 23.2 Å². The summed E-state index contributed by atoms with van der Waals surface area (Å²) in [6.45, 7) is 3.87. The lowest BCUT2D eigenvalue weighted by Crippen LogP contribution is -2.30. The molecule has 13 heteroatoms. The molecule has 0 aliphatic carbocycles. The van der Waals surface area contributed by atoms with Gasteiger partial charge in [0.1, 0.15) is 17.0 Å². The van der Waals surface area contributed by atoms with Gasteiger partial charge in [-0.05, 0) is 12.1 Å². The highest BCUT2D eigenvalue weighted by Gasteiger charge is 2.40. The number of hydrogen-bond acceptors (Lipinski definition) is 9. The second kappa shape index (κ2) is 11.3. The highest BCUT2D eigenvalue weighted by atomic mass is 35.5. The number of nitrogens with zero attached hydrogens (tertiary/aromatic N) is 4. The fraction of sp³-hybridized carbons (Fsp3) is 0.407. The normalized spacial score (nSPS) is 20.1. The summed E-state index contributed by atoms with van der Waals surface area (Å²) in [5.41, 5.74) is 1.02. The van der Waals surface area contributed by atoms with Gasteiger partial charge in [-0.1, -0.05) is 29.8 Å². The standard InChI is InChI=1S/C27H27Cl2F2N5O4/c1-4-16(37)7-15-11-40-12-18(15)34-26-32-10-14-8-17(21-22(28)19(38-2)9-20(39-3)23(21)29)33-25(24(14)35-26)36-6-5-27(30,31)13-36/h4,8-10,15,18H,1,5-7,11-13H2,2-3H3,(H,32,34,35)/t15-,18+/m0/s1. The minimum Gasteiger partial charge on any atom is -0.495 e. The van der Waals surface area contributed by atoms with Crippen LogP contribution in [0.2, 0.25) is 10.0 Å². The molecule has 3 aromatic rings. The molecule has 0 bridgehead atoms. The van der Waals surface area contributed by atoms with Gasteiger partial charge in [0, 0.05) is 48.5 Å². The summed E-state index contributed by atoms with van der Waals surface area (Å²) in [5.74, 6) is -1.92. The van der Waals surface area contributed by atoms with Gasteiger partial charge in [-0.3, -0.25) is 4.79 Å². The molecule has 2 aliphatic heterocycles. The van der Waals surface area contributed by atoms with Crippen molar-refractivity contribution in [3.63, 3.8) is 0 Å². The van der Waals surface area contributed by atoms with Gasteiger partial charge in [-0.25, -0.2) is 23.7 Å². The molecule has 2 aliphatic rings. The predicted octanol–water partition coefficient (Wildman–Crippen LogP) is 5.43. The van der Waals surface area contributed by atoms with Crippen molar-refractivity contribution in [2.75, 3.05) is 50.7 Å². The number of carbonyl (C=O) groups excluding carboxylic acids is 1. The number of fused-ring (bicyclic) bond motifs is 1. The summed E-state index contributed by atoms with van der Waals surface area (Å²) in [6, 6.07) is 3.03. The van der Waals surface area contributed by atoms with Gasteiger partial charge in [-0.2, -0.15) is 0 Å². The van der Waals surface area contributed by atoms with Crippen LogP contribution in [0.3, 0.4) is 0 Å². The molecule has 2 saturated heterocycles. The van der Waals surface area contributed by atoms with Gasteiger partial charge in [0.05, 0.1) is 55.8 Å². The van der Waals surface area contributed by atoms with Crippen molar-refractivity contribution in [3.8, 4) is 22.8 Å². The quantitative estimate of drug-likeness (QED) is 0.325. The average Bonchev–Trinajstić information content (AvgIpc) is 3.53. The van der Waals surface area contributed by atoms with Gasteiger partial charge >= 0.3 is 0 Å². The monoisotopic (exact) mass is 593 g/mol. The van der Waals surface area contributed by atoms with Crippen molar-refractivity contribution in [3.05, 3.63) is 41.0 Å². The molecule has 0 spiro atoms. The Morgan fingerprint density at radius 3 is 2.58 bits per heavy atom. The maximum absolute atomic E-state index is 14.3. The smallest absolute Gasteiger partial charge is 0.266 e. The van der Waals surface area contributed by atoms with Crippen LogP contribution in [0.25, 0.3) is 22.2 Å². The molecule has 2 atom stereocenters. The Bertz CT molecular complexity index is 1450. The van der Waals surface area contributed by atoms with Crippen LogP contribution in [0, 0.1) is 5.92 Å². The predicted molar refractivity (Wildman–Crippen MR) is 149 cm³/mol. The third kappa shape index (κ3) is 5.50. The second-order valence-corrected chi connectivity index (χ2v) is 10.5. The van der Waals surface area contributed by atoms with E-state index in [1.165, 1.54) is 25.2 Å². The number of ketones is 1.